The van der Waals surface area contributed by atoms with Crippen LogP contribution in [-0.2, 0) is 4.74 Å². The molecule has 0 aliphatic heterocycles. The van der Waals surface area contributed by atoms with E-state index in [1.54, 1.807) is 0 Å². The highest BCUT2D eigenvalue weighted by Crippen LogP contribution is 1.86. The molecule has 0 aliphatic carbocycles. The van der Waals surface area contributed by atoms with Crippen LogP contribution in [0.25, 0.3) is 0 Å². The van der Waals surface area contributed by atoms with Gasteiger partial charge in [-0.3, -0.25) is 0 Å². The minimum absolute atomic E-state index is 0.790. The maximum absolute atomic E-state index is 5.33. The molecule has 2 heteroatoms. The van der Waals surface area contributed by atoms with Gasteiger partial charge in [0.05, 0.1) is 13.2 Å². The molecule has 0 spiro atoms. The molecule has 0 unspecified atom stereocenters. The lowest BCUT2D eigenvalue weighted by molar-refractivity contribution is 0.140. The highest BCUT2D eigenvalue weighted by atomic mass is 16.5. The maximum atomic E-state index is 5.33. The molecule has 1 N–H and O–H groups in total. The van der Waals surface area contributed by atoms with Crippen molar-refractivity contribution in [3.8, 4) is 0 Å². The van der Waals surface area contributed by atoms with Crippen LogP contribution in [0.4, 0.5) is 0 Å². The largest absolute Gasteiger partial charge is 0.380 e. The fourth-order valence-electron chi connectivity index (χ4n) is 0.909. The molecular weight excluding hydrogens is 162 g/mol. The van der Waals surface area contributed by atoms with Crippen molar-refractivity contribution in [2.75, 3.05) is 26.3 Å². The molecule has 0 radical (unpaired) electrons. The normalized spacial score (nSPS) is 9.85. The van der Waals surface area contributed by atoms with Gasteiger partial charge in [-0.15, -0.1) is 13.2 Å². The van der Waals surface area contributed by atoms with Crippen LogP contribution in [0.2, 0.25) is 0 Å². The van der Waals surface area contributed by atoms with Gasteiger partial charge in [0.2, 0.25) is 0 Å². The van der Waals surface area contributed by atoms with Crippen LogP contribution >= 0.6 is 0 Å². The van der Waals surface area contributed by atoms with Gasteiger partial charge < -0.3 is 10.1 Å². The van der Waals surface area contributed by atoms with Gasteiger partial charge in [0.15, 0.2) is 0 Å². The molecule has 0 saturated heterocycles. The Kier molecular flexibility index (Phi) is 10.9. The molecule has 0 aromatic carbocycles. The first-order valence-electron chi connectivity index (χ1n) is 4.92. The van der Waals surface area contributed by atoms with Crippen molar-refractivity contribution in [2.45, 2.75) is 19.3 Å². The fraction of sp³-hybridized carbons (Fsp3) is 0.636. The lowest BCUT2D eigenvalue weighted by atomic mass is 10.3. The van der Waals surface area contributed by atoms with Crippen LogP contribution in [0.3, 0.4) is 0 Å². The van der Waals surface area contributed by atoms with Gasteiger partial charge in [-0.25, -0.2) is 0 Å². The highest BCUT2D eigenvalue weighted by Gasteiger charge is 1.87. The Bertz CT molecular complexity index is 109. The van der Waals surface area contributed by atoms with Crippen LogP contribution in [0.1, 0.15) is 19.3 Å². The topological polar surface area (TPSA) is 21.3 Å². The second kappa shape index (κ2) is 11.4. The Labute approximate surface area is 81.7 Å². The summed E-state index contributed by atoms with van der Waals surface area (Å²) in [5, 5.41) is 3.30. The SMILES string of the molecule is C=CCCCNCCOCCC=C. The van der Waals surface area contributed by atoms with Crippen LogP contribution in [-0.4, -0.2) is 26.3 Å². The number of hydrogen-bond donors (Lipinski definition) is 1. The van der Waals surface area contributed by atoms with Crippen LogP contribution < -0.4 is 5.32 Å². The number of allylic oxidation sites excluding steroid dienone is 1. The van der Waals surface area contributed by atoms with E-state index < -0.39 is 0 Å². The van der Waals surface area contributed by atoms with Crippen molar-refractivity contribution < 1.29 is 4.74 Å². The summed E-state index contributed by atoms with van der Waals surface area (Å²) < 4.78 is 5.33. The van der Waals surface area contributed by atoms with E-state index in [-0.39, 0.29) is 0 Å². The Morgan fingerprint density at radius 3 is 2.46 bits per heavy atom. The number of nitrogens with one attached hydrogen (secondary N) is 1. The third-order valence-corrected chi connectivity index (χ3v) is 1.65. The van der Waals surface area contributed by atoms with Gasteiger partial charge in [0, 0.05) is 6.54 Å². The van der Waals surface area contributed by atoms with Gasteiger partial charge in [0.1, 0.15) is 0 Å². The third kappa shape index (κ3) is 11.4. The summed E-state index contributed by atoms with van der Waals surface area (Å²) in [6.07, 6.45) is 7.01. The molecule has 0 rings (SSSR count). The molecule has 0 aromatic heterocycles. The number of unbranched alkanes of at least 4 members (excludes halogenated alkanes) is 1. The van der Waals surface area contributed by atoms with Crippen molar-refractivity contribution in [1.29, 1.82) is 0 Å². The predicted octanol–water partition coefficient (Wildman–Crippen LogP) is 2.13. The number of hydrogen-bond acceptors (Lipinski definition) is 2. The van der Waals surface area contributed by atoms with E-state index in [0.717, 1.165) is 45.6 Å². The van der Waals surface area contributed by atoms with E-state index in [1.807, 2.05) is 12.2 Å². The molecule has 0 aromatic rings. The lowest BCUT2D eigenvalue weighted by Gasteiger charge is -2.04. The fourth-order valence-corrected chi connectivity index (χ4v) is 0.909. The molecular formula is C11H21NO. The van der Waals surface area contributed by atoms with E-state index in [1.165, 1.54) is 0 Å². The molecule has 0 saturated carbocycles. The van der Waals surface area contributed by atoms with Gasteiger partial charge in [-0.05, 0) is 25.8 Å². The Hall–Kier alpha value is -0.600. The quantitative estimate of drug-likeness (QED) is 0.414. The summed E-state index contributed by atoms with van der Waals surface area (Å²) in [6, 6.07) is 0. The van der Waals surface area contributed by atoms with Gasteiger partial charge in [0.25, 0.3) is 0 Å². The minimum atomic E-state index is 0.790. The monoisotopic (exact) mass is 183 g/mol. The zero-order valence-corrected chi connectivity index (χ0v) is 8.43. The third-order valence-electron chi connectivity index (χ3n) is 1.65. The van der Waals surface area contributed by atoms with Gasteiger partial charge in [-0.1, -0.05) is 12.2 Å². The molecule has 0 aliphatic rings. The average Bonchev–Trinajstić information content (AvgIpc) is 2.16. The van der Waals surface area contributed by atoms with E-state index in [4.69, 9.17) is 4.74 Å². The minimum Gasteiger partial charge on any atom is -0.380 e. The smallest absolute Gasteiger partial charge is 0.0591 e. The highest BCUT2D eigenvalue weighted by molar-refractivity contribution is 4.66. The molecule has 0 fully saturated rings. The Morgan fingerprint density at radius 1 is 1.00 bits per heavy atom. The Balaban J connectivity index is 2.83. The molecule has 13 heavy (non-hydrogen) atoms. The van der Waals surface area contributed by atoms with Gasteiger partial charge in [-0.2, -0.15) is 0 Å². The first-order valence-corrected chi connectivity index (χ1v) is 4.92. The van der Waals surface area contributed by atoms with E-state index >= 15 is 0 Å². The molecule has 0 atom stereocenters. The number of ether oxygens (including phenoxy) is 1. The summed E-state index contributed by atoms with van der Waals surface area (Å²) in [4.78, 5) is 0. The summed E-state index contributed by atoms with van der Waals surface area (Å²) in [5.41, 5.74) is 0. The summed E-state index contributed by atoms with van der Waals surface area (Å²) in [7, 11) is 0. The summed E-state index contributed by atoms with van der Waals surface area (Å²) in [5.74, 6) is 0. The first-order chi connectivity index (χ1) is 6.41. The van der Waals surface area contributed by atoms with Crippen molar-refractivity contribution in [2.24, 2.45) is 0 Å². The van der Waals surface area contributed by atoms with Crippen LogP contribution in [0.15, 0.2) is 25.3 Å². The lowest BCUT2D eigenvalue weighted by Crippen LogP contribution is -2.20. The van der Waals surface area contributed by atoms with Crippen molar-refractivity contribution >= 4 is 0 Å². The van der Waals surface area contributed by atoms with E-state index in [9.17, 15) is 0 Å². The molecule has 0 amide bonds. The average molecular weight is 183 g/mol. The summed E-state index contributed by atoms with van der Waals surface area (Å²) >= 11 is 0. The van der Waals surface area contributed by atoms with Crippen LogP contribution in [0, 0.1) is 0 Å². The molecule has 76 valence electrons. The van der Waals surface area contributed by atoms with E-state index in [0.29, 0.717) is 0 Å². The Morgan fingerprint density at radius 2 is 1.77 bits per heavy atom. The second-order valence-corrected chi connectivity index (χ2v) is 2.87. The zero-order valence-electron chi connectivity index (χ0n) is 8.43. The molecule has 0 heterocycles. The second-order valence-electron chi connectivity index (χ2n) is 2.87. The van der Waals surface area contributed by atoms with E-state index in [2.05, 4.69) is 18.5 Å². The summed E-state index contributed by atoms with van der Waals surface area (Å²) in [6.45, 7) is 10.9. The number of rotatable bonds is 10. The molecule has 0 bridgehead atoms. The standard InChI is InChI=1S/C11H21NO/c1-3-5-7-8-12-9-11-13-10-6-4-2/h3-4,12H,1-2,5-11H2. The van der Waals surface area contributed by atoms with Crippen LogP contribution in [0.5, 0.6) is 0 Å². The first kappa shape index (κ1) is 12.4. The van der Waals surface area contributed by atoms with Crippen molar-refractivity contribution in [1.82, 2.24) is 5.32 Å². The van der Waals surface area contributed by atoms with Crippen molar-refractivity contribution in [3.05, 3.63) is 25.3 Å². The predicted molar refractivity (Wildman–Crippen MR) is 57.9 cm³/mol. The zero-order chi connectivity index (χ0) is 9.78. The maximum Gasteiger partial charge on any atom is 0.0591 e. The van der Waals surface area contributed by atoms with Gasteiger partial charge >= 0.3 is 0 Å². The molecule has 2 nitrogen and oxygen atoms in total. The van der Waals surface area contributed by atoms with Crippen molar-refractivity contribution in [3.63, 3.8) is 0 Å².